The minimum Gasteiger partial charge on any atom is -0.231 e. The molecule has 1 aliphatic heterocycles. The number of carbonyl (C=O) groups is 1. The van der Waals surface area contributed by atoms with Crippen molar-refractivity contribution in [3.05, 3.63) is 48.1 Å². The normalized spacial score (nSPS) is 19.6. The molecule has 0 aliphatic carbocycles. The summed E-state index contributed by atoms with van der Waals surface area (Å²) in [5, 5.41) is 2.66. The Morgan fingerprint density at radius 2 is 2.11 bits per heavy atom. The van der Waals surface area contributed by atoms with Crippen molar-refractivity contribution < 1.29 is 9.18 Å². The molecule has 2 atom stereocenters. The van der Waals surface area contributed by atoms with E-state index in [0.717, 1.165) is 18.9 Å². The summed E-state index contributed by atoms with van der Waals surface area (Å²) in [6.07, 6.45) is 6.36. The monoisotopic (exact) mass is 428 g/mol. The SMILES string of the molecule is Cc1cn2cc(NC(=O)c3cnc(N4C[C@@H](C)[C@H]([As])C4)cn3)cc(F)c2n1. The van der Waals surface area contributed by atoms with Crippen LogP contribution in [-0.4, -0.2) is 55.2 Å². The zero-order valence-electron chi connectivity index (χ0n) is 14.9. The topological polar surface area (TPSA) is 75.4 Å². The van der Waals surface area contributed by atoms with Gasteiger partial charge in [-0.3, -0.25) is 0 Å². The Kier molecular flexibility index (Phi) is 4.60. The van der Waals surface area contributed by atoms with Crippen molar-refractivity contribution in [2.75, 3.05) is 23.3 Å². The molecule has 7 nitrogen and oxygen atoms in total. The fraction of sp³-hybridized carbons (Fsp3) is 0.333. The average molecular weight is 428 g/mol. The van der Waals surface area contributed by atoms with Crippen molar-refractivity contribution >= 4 is 39.9 Å². The molecule has 0 aromatic carbocycles. The number of imidazole rings is 1. The first-order valence-electron chi connectivity index (χ1n) is 8.62. The van der Waals surface area contributed by atoms with Gasteiger partial charge in [-0.05, 0) is 6.92 Å². The van der Waals surface area contributed by atoms with Crippen LogP contribution in [0.5, 0.6) is 0 Å². The number of amides is 1. The molecule has 2 radical (unpaired) electrons. The van der Waals surface area contributed by atoms with Gasteiger partial charge in [0.1, 0.15) is 0 Å². The van der Waals surface area contributed by atoms with Crippen molar-refractivity contribution in [1.29, 1.82) is 0 Å². The Hall–Kier alpha value is -2.47. The number of hydrogen-bond acceptors (Lipinski definition) is 5. The van der Waals surface area contributed by atoms with E-state index in [1.165, 1.54) is 12.3 Å². The standard InChI is InChI=1S/C18H18AsFN6O/c1-10-6-25(9-13(10)19)16-5-21-15(4-22-16)18(27)24-12-3-14(20)17-23-11(2)7-26(17)8-12/h3-5,7-8,10,13H,6,9H2,1-2H3,(H,24,27)/t10-,13-/m1/s1. The third-order valence-corrected chi connectivity index (χ3v) is 6.06. The van der Waals surface area contributed by atoms with Crippen LogP contribution in [0.3, 0.4) is 0 Å². The minimum absolute atomic E-state index is 0.178. The van der Waals surface area contributed by atoms with Gasteiger partial charge in [0.05, 0.1) is 5.69 Å². The Morgan fingerprint density at radius 1 is 1.30 bits per heavy atom. The van der Waals surface area contributed by atoms with Crippen molar-refractivity contribution in [3.63, 3.8) is 0 Å². The second-order valence-corrected chi connectivity index (χ2v) is 8.25. The van der Waals surface area contributed by atoms with Gasteiger partial charge >= 0.3 is 130 Å². The van der Waals surface area contributed by atoms with Crippen LogP contribution in [0.1, 0.15) is 23.1 Å². The number of anilines is 2. The molecule has 3 aromatic heterocycles. The molecule has 1 fully saturated rings. The number of rotatable bonds is 3. The third-order valence-electron chi connectivity index (χ3n) is 4.65. The minimum atomic E-state index is -0.502. The first-order valence-corrected chi connectivity index (χ1v) is 9.70. The zero-order valence-corrected chi connectivity index (χ0v) is 16.8. The molecular formula is C18H18AsFN6O. The first kappa shape index (κ1) is 17.9. The maximum atomic E-state index is 14.1. The van der Waals surface area contributed by atoms with Crippen molar-refractivity contribution in [3.8, 4) is 0 Å². The van der Waals surface area contributed by atoms with Gasteiger partial charge in [-0.1, -0.05) is 0 Å². The van der Waals surface area contributed by atoms with Crippen LogP contribution in [0, 0.1) is 18.7 Å². The Bertz CT molecular complexity index is 995. The molecule has 4 heterocycles. The van der Waals surface area contributed by atoms with Gasteiger partial charge in [0, 0.05) is 6.20 Å². The fourth-order valence-electron chi connectivity index (χ4n) is 3.18. The van der Waals surface area contributed by atoms with Crippen molar-refractivity contribution in [1.82, 2.24) is 19.4 Å². The van der Waals surface area contributed by atoms with Gasteiger partial charge in [-0.2, -0.15) is 0 Å². The molecule has 1 N–H and O–H groups in total. The summed E-state index contributed by atoms with van der Waals surface area (Å²) in [4.78, 5) is 27.3. The molecule has 1 saturated heterocycles. The molecule has 1 amide bonds. The molecule has 0 spiro atoms. The Morgan fingerprint density at radius 3 is 2.78 bits per heavy atom. The van der Waals surface area contributed by atoms with Crippen molar-refractivity contribution in [2.24, 2.45) is 5.92 Å². The maximum absolute atomic E-state index is 14.1. The summed E-state index contributed by atoms with van der Waals surface area (Å²) in [7, 11) is 0. The molecular weight excluding hydrogens is 410 g/mol. The summed E-state index contributed by atoms with van der Waals surface area (Å²) in [5.41, 5.74) is 1.43. The van der Waals surface area contributed by atoms with Gasteiger partial charge < -0.3 is 0 Å². The van der Waals surface area contributed by atoms with E-state index < -0.39 is 11.7 Å². The van der Waals surface area contributed by atoms with Gasteiger partial charge in [-0.15, -0.1) is 0 Å². The molecule has 0 saturated carbocycles. The fourth-order valence-corrected chi connectivity index (χ4v) is 3.79. The van der Waals surface area contributed by atoms with Crippen LogP contribution in [0.15, 0.2) is 30.9 Å². The second kappa shape index (κ2) is 6.92. The number of hydrogen-bond donors (Lipinski definition) is 1. The Balaban J connectivity index is 1.50. The second-order valence-electron chi connectivity index (χ2n) is 6.85. The van der Waals surface area contributed by atoms with E-state index in [-0.39, 0.29) is 11.3 Å². The smallest absolute Gasteiger partial charge is 0.231 e. The number of nitrogens with zero attached hydrogens (tertiary/aromatic N) is 5. The number of fused-ring (bicyclic) bond motifs is 1. The zero-order chi connectivity index (χ0) is 19.1. The van der Waals surface area contributed by atoms with Gasteiger partial charge in [0.25, 0.3) is 0 Å². The van der Waals surface area contributed by atoms with Crippen LogP contribution in [0.25, 0.3) is 5.65 Å². The summed E-state index contributed by atoms with van der Waals surface area (Å²) < 4.78 is 16.2. The van der Waals surface area contributed by atoms with Crippen LogP contribution >= 0.6 is 0 Å². The van der Waals surface area contributed by atoms with E-state index in [2.05, 4.69) is 48.9 Å². The number of aromatic nitrogens is 4. The summed E-state index contributed by atoms with van der Waals surface area (Å²) in [6.45, 7) is 5.81. The molecule has 1 aliphatic rings. The van der Waals surface area contributed by atoms with E-state index in [9.17, 15) is 9.18 Å². The summed E-state index contributed by atoms with van der Waals surface area (Å²) >= 11 is 2.70. The molecule has 0 bridgehead atoms. The van der Waals surface area contributed by atoms with Crippen LogP contribution in [0.4, 0.5) is 15.9 Å². The van der Waals surface area contributed by atoms with Gasteiger partial charge in [-0.25, -0.2) is 9.37 Å². The van der Waals surface area contributed by atoms with E-state index in [0.29, 0.717) is 22.0 Å². The number of nitrogens with one attached hydrogen (secondary N) is 1. The van der Waals surface area contributed by atoms with Crippen LogP contribution in [0.2, 0.25) is 4.71 Å². The first-order chi connectivity index (χ1) is 12.9. The predicted octanol–water partition coefficient (Wildman–Crippen LogP) is 2.24. The summed E-state index contributed by atoms with van der Waals surface area (Å²) in [6, 6.07) is 1.24. The van der Waals surface area contributed by atoms with E-state index in [4.69, 9.17) is 0 Å². The van der Waals surface area contributed by atoms with Crippen LogP contribution < -0.4 is 10.2 Å². The molecule has 3 aromatic rings. The average Bonchev–Trinajstić information content (AvgIpc) is 3.17. The molecule has 4 rings (SSSR count). The number of halogens is 1. The molecule has 0 unspecified atom stereocenters. The number of aryl methyl sites for hydroxylation is 1. The van der Waals surface area contributed by atoms with Gasteiger partial charge in [0.2, 0.25) is 0 Å². The number of carbonyl (C=O) groups excluding carboxylic acids is 1. The summed E-state index contributed by atoms with van der Waals surface area (Å²) in [5.74, 6) is 0.391. The third kappa shape index (κ3) is 3.54. The molecule has 9 heteroatoms. The Labute approximate surface area is 164 Å². The van der Waals surface area contributed by atoms with Crippen molar-refractivity contribution in [2.45, 2.75) is 18.6 Å². The van der Waals surface area contributed by atoms with Crippen LogP contribution in [-0.2, 0) is 0 Å². The van der Waals surface area contributed by atoms with E-state index in [1.54, 1.807) is 29.9 Å². The predicted molar refractivity (Wildman–Crippen MR) is 101 cm³/mol. The molecule has 27 heavy (non-hydrogen) atoms. The van der Waals surface area contributed by atoms with E-state index >= 15 is 0 Å². The quantitative estimate of drug-likeness (QED) is 0.648. The molecule has 138 valence electrons. The van der Waals surface area contributed by atoms with E-state index in [1.807, 2.05) is 0 Å². The number of pyridine rings is 1. The van der Waals surface area contributed by atoms with Gasteiger partial charge in [0.15, 0.2) is 5.65 Å².